The van der Waals surface area contributed by atoms with E-state index in [9.17, 15) is 15.0 Å². The highest BCUT2D eigenvalue weighted by Gasteiger charge is 2.72. The maximum absolute atomic E-state index is 13.1. The molecule has 33 heavy (non-hydrogen) atoms. The monoisotopic (exact) mass is 558 g/mol. The highest BCUT2D eigenvalue weighted by molar-refractivity contribution is 14.1. The Morgan fingerprint density at radius 2 is 2.18 bits per heavy atom. The van der Waals surface area contributed by atoms with Crippen LogP contribution >= 0.6 is 22.6 Å². The molecular weight excluding hydrogens is 531 g/mol. The largest absolute Gasteiger partial charge is 0.504 e. The highest BCUT2D eigenvalue weighted by Crippen LogP contribution is 2.65. The highest BCUT2D eigenvalue weighted by atomic mass is 127. The van der Waals surface area contributed by atoms with Crippen molar-refractivity contribution >= 4 is 28.5 Å². The molecule has 7 heteroatoms. The fourth-order valence-corrected chi connectivity index (χ4v) is 7.59. The summed E-state index contributed by atoms with van der Waals surface area (Å²) >= 11 is 2.20. The van der Waals surface area contributed by atoms with Crippen LogP contribution < -0.4 is 10.1 Å². The Balaban J connectivity index is 1.43. The molecule has 2 unspecified atom stereocenters. The Morgan fingerprint density at radius 3 is 2.97 bits per heavy atom. The summed E-state index contributed by atoms with van der Waals surface area (Å²) in [7, 11) is 0. The van der Waals surface area contributed by atoms with Crippen LogP contribution in [0.25, 0.3) is 0 Å². The van der Waals surface area contributed by atoms with E-state index in [1.807, 2.05) is 36.4 Å². The SMILES string of the molecule is C=CCN1CC[C@]23c4c5ccc(O)c4OC2[C@H](NC(=O)c2cccc(I)c2)CC[C@@]3(O)C1C5. The first-order valence-corrected chi connectivity index (χ1v) is 12.6. The number of carbonyl (C=O) groups is 1. The first-order valence-electron chi connectivity index (χ1n) is 11.5. The Hall–Kier alpha value is -2.10. The van der Waals surface area contributed by atoms with Crippen molar-refractivity contribution in [1.29, 1.82) is 0 Å². The third-order valence-electron chi connectivity index (χ3n) is 8.34. The van der Waals surface area contributed by atoms with Crippen LogP contribution in [0.2, 0.25) is 0 Å². The molecule has 3 N–H and O–H groups in total. The summed E-state index contributed by atoms with van der Waals surface area (Å²) in [6, 6.07) is 10.9. The second-order valence-electron chi connectivity index (χ2n) is 9.76. The van der Waals surface area contributed by atoms with E-state index in [0.717, 1.165) is 27.8 Å². The number of phenols is 1. The lowest BCUT2D eigenvalue weighted by atomic mass is 9.48. The number of halogens is 1. The van der Waals surface area contributed by atoms with E-state index in [2.05, 4.69) is 39.4 Å². The molecule has 0 aromatic heterocycles. The van der Waals surface area contributed by atoms with Crippen LogP contribution in [0, 0.1) is 3.57 Å². The summed E-state index contributed by atoms with van der Waals surface area (Å²) in [4.78, 5) is 15.5. The molecule has 2 bridgehead atoms. The van der Waals surface area contributed by atoms with E-state index in [4.69, 9.17) is 4.74 Å². The molecule has 2 aromatic carbocycles. The topological polar surface area (TPSA) is 82.0 Å². The molecule has 2 aromatic rings. The first kappa shape index (κ1) is 21.4. The zero-order valence-electron chi connectivity index (χ0n) is 18.3. The number of amides is 1. The summed E-state index contributed by atoms with van der Waals surface area (Å²) in [5, 5.41) is 26.3. The number of carbonyl (C=O) groups excluding carboxylic acids is 1. The Kier molecular flexibility index (Phi) is 4.84. The lowest BCUT2D eigenvalue weighted by Gasteiger charge is -2.64. The van der Waals surface area contributed by atoms with Gasteiger partial charge in [0.05, 0.1) is 17.1 Å². The Morgan fingerprint density at radius 1 is 1.33 bits per heavy atom. The van der Waals surface area contributed by atoms with Gasteiger partial charge in [0.2, 0.25) is 0 Å². The van der Waals surface area contributed by atoms with Gasteiger partial charge >= 0.3 is 0 Å². The summed E-state index contributed by atoms with van der Waals surface area (Å²) in [6.07, 6.45) is 4.06. The van der Waals surface area contributed by atoms with Crippen molar-refractivity contribution in [1.82, 2.24) is 10.2 Å². The van der Waals surface area contributed by atoms with Gasteiger partial charge in [0, 0.05) is 27.3 Å². The number of ether oxygens (including phenoxy) is 1. The normalized spacial score (nSPS) is 33.7. The van der Waals surface area contributed by atoms with Crippen LogP contribution in [0.15, 0.2) is 49.1 Å². The number of benzene rings is 2. The van der Waals surface area contributed by atoms with Crippen LogP contribution in [0.1, 0.15) is 40.7 Å². The third kappa shape index (κ3) is 2.82. The number of nitrogens with zero attached hydrogens (tertiary/aromatic N) is 1. The second kappa shape index (κ2) is 7.45. The average Bonchev–Trinajstić information content (AvgIpc) is 3.15. The maximum Gasteiger partial charge on any atom is 0.251 e. The van der Waals surface area contributed by atoms with Gasteiger partial charge in [0.1, 0.15) is 6.10 Å². The molecule has 4 aliphatic rings. The Bertz CT molecular complexity index is 1170. The summed E-state index contributed by atoms with van der Waals surface area (Å²) in [5.41, 5.74) is 1.05. The predicted molar refractivity (Wildman–Crippen MR) is 133 cm³/mol. The molecule has 6 nitrogen and oxygen atoms in total. The molecule has 2 aliphatic heterocycles. The molecule has 0 radical (unpaired) electrons. The fourth-order valence-electron chi connectivity index (χ4n) is 7.04. The van der Waals surface area contributed by atoms with Crippen molar-refractivity contribution in [2.24, 2.45) is 0 Å². The lowest BCUT2D eigenvalue weighted by Crippen LogP contribution is -2.78. The van der Waals surface area contributed by atoms with E-state index in [-0.39, 0.29) is 23.7 Å². The van der Waals surface area contributed by atoms with Crippen molar-refractivity contribution in [2.45, 2.75) is 54.9 Å². The lowest BCUT2D eigenvalue weighted by molar-refractivity contribution is -0.188. The number of piperidine rings is 1. The smallest absolute Gasteiger partial charge is 0.251 e. The summed E-state index contributed by atoms with van der Waals surface area (Å²) < 4.78 is 7.48. The number of phenolic OH excluding ortho intramolecular Hbond substituents is 1. The number of rotatable bonds is 4. The van der Waals surface area contributed by atoms with Crippen LogP contribution in [-0.2, 0) is 11.8 Å². The molecule has 172 valence electrons. The molecule has 1 spiro atoms. The van der Waals surface area contributed by atoms with Gasteiger partial charge < -0.3 is 20.3 Å². The number of aromatic hydroxyl groups is 1. The van der Waals surface area contributed by atoms with Crippen LogP contribution in [0.3, 0.4) is 0 Å². The minimum absolute atomic E-state index is 0.0503. The van der Waals surface area contributed by atoms with Crippen molar-refractivity contribution in [3.05, 3.63) is 69.3 Å². The Labute approximate surface area is 206 Å². The summed E-state index contributed by atoms with van der Waals surface area (Å²) in [5.74, 6) is 0.456. The zero-order chi connectivity index (χ0) is 23.0. The van der Waals surface area contributed by atoms with Crippen molar-refractivity contribution in [3.8, 4) is 11.5 Å². The summed E-state index contributed by atoms with van der Waals surface area (Å²) in [6.45, 7) is 5.45. The molecule has 2 aliphatic carbocycles. The van der Waals surface area contributed by atoms with Gasteiger partial charge in [-0.3, -0.25) is 9.69 Å². The van der Waals surface area contributed by atoms with Crippen molar-refractivity contribution < 1.29 is 19.7 Å². The van der Waals surface area contributed by atoms with Crippen LogP contribution in [0.4, 0.5) is 0 Å². The van der Waals surface area contributed by atoms with Gasteiger partial charge in [0.15, 0.2) is 11.5 Å². The molecule has 1 amide bonds. The quantitative estimate of drug-likeness (QED) is 0.397. The second-order valence-corrected chi connectivity index (χ2v) is 11.0. The van der Waals surface area contributed by atoms with Gasteiger partial charge in [-0.1, -0.05) is 18.2 Å². The van der Waals surface area contributed by atoms with Crippen LogP contribution in [0.5, 0.6) is 11.5 Å². The first-order chi connectivity index (χ1) is 15.9. The van der Waals surface area contributed by atoms with E-state index >= 15 is 0 Å². The molecule has 6 rings (SSSR count). The number of likely N-dealkylation sites (tertiary alicyclic amines) is 1. The van der Waals surface area contributed by atoms with Gasteiger partial charge in [0.25, 0.3) is 5.91 Å². The standard InChI is InChI=1S/C26H27IN2O4/c1-2-11-29-12-10-25-21-15-6-7-19(30)22(21)33-23(25)18(8-9-26(25,32)20(29)14-15)28-24(31)16-4-3-5-17(27)13-16/h2-7,13,18,20,23,30,32H,1,8-12,14H2,(H,28,31)/t18-,20?,23?,25+,26-/m1/s1. The maximum atomic E-state index is 13.1. The minimum Gasteiger partial charge on any atom is -0.504 e. The van der Waals surface area contributed by atoms with Gasteiger partial charge in [-0.15, -0.1) is 6.58 Å². The number of nitrogens with one attached hydrogen (secondary N) is 1. The zero-order valence-corrected chi connectivity index (χ0v) is 20.4. The van der Waals surface area contributed by atoms with E-state index < -0.39 is 17.1 Å². The van der Waals surface area contributed by atoms with Crippen molar-refractivity contribution in [2.75, 3.05) is 13.1 Å². The average molecular weight is 558 g/mol. The van der Waals surface area contributed by atoms with E-state index in [0.29, 0.717) is 37.0 Å². The number of hydrogen-bond acceptors (Lipinski definition) is 5. The predicted octanol–water partition coefficient (Wildman–Crippen LogP) is 3.14. The molecule has 2 heterocycles. The molecule has 1 saturated carbocycles. The third-order valence-corrected chi connectivity index (χ3v) is 9.01. The molecule has 5 atom stereocenters. The number of aliphatic hydroxyl groups is 1. The van der Waals surface area contributed by atoms with Gasteiger partial charge in [-0.2, -0.15) is 0 Å². The fraction of sp³-hybridized carbons (Fsp3) is 0.423. The van der Waals surface area contributed by atoms with E-state index in [1.54, 1.807) is 6.07 Å². The number of hydrogen-bond donors (Lipinski definition) is 3. The molecule has 2 fully saturated rings. The van der Waals surface area contributed by atoms with E-state index in [1.165, 1.54) is 0 Å². The molecular formula is C26H27IN2O4. The van der Waals surface area contributed by atoms with Gasteiger partial charge in [-0.05, 0) is 84.6 Å². The minimum atomic E-state index is -0.992. The van der Waals surface area contributed by atoms with Crippen LogP contribution in [-0.4, -0.2) is 57.9 Å². The molecule has 1 saturated heterocycles. The van der Waals surface area contributed by atoms with Crippen molar-refractivity contribution in [3.63, 3.8) is 0 Å². The van der Waals surface area contributed by atoms with Gasteiger partial charge in [-0.25, -0.2) is 0 Å².